The highest BCUT2D eigenvalue weighted by molar-refractivity contribution is 5.93. The number of nitrogens with zero attached hydrogens (tertiary/aromatic N) is 1. The second kappa shape index (κ2) is 4.61. The second-order valence-corrected chi connectivity index (χ2v) is 4.42. The summed E-state index contributed by atoms with van der Waals surface area (Å²) >= 11 is 0. The molecule has 4 heteroatoms. The molecule has 86 valence electrons. The van der Waals surface area contributed by atoms with Crippen molar-refractivity contribution in [2.45, 2.75) is 13.8 Å². The minimum absolute atomic E-state index is 0.0773. The van der Waals surface area contributed by atoms with Gasteiger partial charge < -0.3 is 10.6 Å². The lowest BCUT2D eigenvalue weighted by Gasteiger charge is -2.14. The molecule has 2 heterocycles. The van der Waals surface area contributed by atoms with E-state index in [4.69, 9.17) is 0 Å². The van der Waals surface area contributed by atoms with Gasteiger partial charge >= 0.3 is 0 Å². The van der Waals surface area contributed by atoms with Crippen molar-refractivity contribution < 1.29 is 4.79 Å². The molecule has 1 aromatic heterocycles. The first-order valence-electron chi connectivity index (χ1n) is 5.61. The largest absolute Gasteiger partial charge is 0.326 e. The normalized spacial score (nSPS) is 24.4. The van der Waals surface area contributed by atoms with E-state index >= 15 is 0 Å². The standard InChI is InChI=1S/C12H17N3O/c1-8-6-13-7-11(8)12(16)15-10-3-4-14-9(2)5-10/h3-5,8,11,13H,6-7H2,1-2H3,(H,14,15,16)/t8-,11-/m1/s1. The Hall–Kier alpha value is -1.42. The maximum absolute atomic E-state index is 12.0. The summed E-state index contributed by atoms with van der Waals surface area (Å²) in [6.07, 6.45) is 1.71. The van der Waals surface area contributed by atoms with Gasteiger partial charge in [-0.2, -0.15) is 0 Å². The Balaban J connectivity index is 2.02. The van der Waals surface area contributed by atoms with Crippen LogP contribution >= 0.6 is 0 Å². The molecule has 4 nitrogen and oxygen atoms in total. The molecule has 0 aliphatic carbocycles. The molecule has 2 atom stereocenters. The van der Waals surface area contributed by atoms with Gasteiger partial charge in [-0.25, -0.2) is 0 Å². The number of rotatable bonds is 2. The predicted octanol–water partition coefficient (Wildman–Crippen LogP) is 1.18. The fourth-order valence-electron chi connectivity index (χ4n) is 2.02. The third-order valence-corrected chi connectivity index (χ3v) is 3.02. The Morgan fingerprint density at radius 3 is 3.00 bits per heavy atom. The fourth-order valence-corrected chi connectivity index (χ4v) is 2.02. The highest BCUT2D eigenvalue weighted by Gasteiger charge is 2.29. The number of amides is 1. The van der Waals surface area contributed by atoms with Crippen molar-refractivity contribution in [3.63, 3.8) is 0 Å². The molecule has 0 radical (unpaired) electrons. The van der Waals surface area contributed by atoms with E-state index in [9.17, 15) is 4.79 Å². The van der Waals surface area contributed by atoms with Crippen molar-refractivity contribution in [3.8, 4) is 0 Å². The highest BCUT2D eigenvalue weighted by atomic mass is 16.1. The lowest BCUT2D eigenvalue weighted by molar-refractivity contribution is -0.120. The van der Waals surface area contributed by atoms with Gasteiger partial charge in [0.05, 0.1) is 5.92 Å². The maximum atomic E-state index is 12.0. The number of aryl methyl sites for hydroxylation is 1. The van der Waals surface area contributed by atoms with E-state index in [0.717, 1.165) is 24.5 Å². The topological polar surface area (TPSA) is 54.0 Å². The molecule has 0 aromatic carbocycles. The van der Waals surface area contributed by atoms with Gasteiger partial charge in [0, 0.05) is 24.1 Å². The van der Waals surface area contributed by atoms with Crippen LogP contribution < -0.4 is 10.6 Å². The van der Waals surface area contributed by atoms with Crippen molar-refractivity contribution in [1.29, 1.82) is 0 Å². The zero-order chi connectivity index (χ0) is 11.5. The van der Waals surface area contributed by atoms with E-state index in [-0.39, 0.29) is 11.8 Å². The Morgan fingerprint density at radius 2 is 2.38 bits per heavy atom. The SMILES string of the molecule is Cc1cc(NC(=O)[C@@H]2CNC[C@H]2C)ccn1. The van der Waals surface area contributed by atoms with E-state index in [1.807, 2.05) is 19.1 Å². The summed E-state index contributed by atoms with van der Waals surface area (Å²) < 4.78 is 0. The van der Waals surface area contributed by atoms with Crippen LogP contribution in [0.3, 0.4) is 0 Å². The first-order valence-corrected chi connectivity index (χ1v) is 5.61. The van der Waals surface area contributed by atoms with E-state index in [1.165, 1.54) is 0 Å². The van der Waals surface area contributed by atoms with Crippen molar-refractivity contribution in [2.24, 2.45) is 11.8 Å². The number of anilines is 1. The molecule has 1 aliphatic heterocycles. The Labute approximate surface area is 95.5 Å². The minimum atomic E-state index is 0.0773. The lowest BCUT2D eigenvalue weighted by Crippen LogP contribution is -2.27. The number of carbonyl (C=O) groups is 1. The van der Waals surface area contributed by atoms with Gasteiger partial charge in [-0.05, 0) is 31.5 Å². The molecule has 16 heavy (non-hydrogen) atoms. The van der Waals surface area contributed by atoms with Gasteiger partial charge in [0.25, 0.3) is 0 Å². The van der Waals surface area contributed by atoms with Gasteiger partial charge in [0.2, 0.25) is 5.91 Å². The summed E-state index contributed by atoms with van der Waals surface area (Å²) in [5.41, 5.74) is 1.74. The van der Waals surface area contributed by atoms with E-state index < -0.39 is 0 Å². The fraction of sp³-hybridized carbons (Fsp3) is 0.500. The summed E-state index contributed by atoms with van der Waals surface area (Å²) in [5.74, 6) is 0.583. The monoisotopic (exact) mass is 219 g/mol. The van der Waals surface area contributed by atoms with Crippen LogP contribution in [0.15, 0.2) is 18.3 Å². The van der Waals surface area contributed by atoms with E-state index in [0.29, 0.717) is 5.92 Å². The van der Waals surface area contributed by atoms with Gasteiger partial charge in [-0.15, -0.1) is 0 Å². The van der Waals surface area contributed by atoms with E-state index in [1.54, 1.807) is 6.20 Å². The molecule has 0 bridgehead atoms. The lowest BCUT2D eigenvalue weighted by atomic mass is 9.97. The van der Waals surface area contributed by atoms with Crippen molar-refractivity contribution >= 4 is 11.6 Å². The van der Waals surface area contributed by atoms with Crippen LogP contribution in [-0.4, -0.2) is 24.0 Å². The number of pyridine rings is 1. The molecule has 1 aromatic rings. The number of hydrogen-bond acceptors (Lipinski definition) is 3. The first-order chi connectivity index (χ1) is 7.66. The molecule has 0 spiro atoms. The van der Waals surface area contributed by atoms with E-state index in [2.05, 4.69) is 22.5 Å². The summed E-state index contributed by atoms with van der Waals surface area (Å²) in [4.78, 5) is 16.1. The third-order valence-electron chi connectivity index (χ3n) is 3.02. The molecular weight excluding hydrogens is 202 g/mol. The molecule has 0 unspecified atom stereocenters. The number of hydrogen-bond donors (Lipinski definition) is 2. The van der Waals surface area contributed by atoms with Crippen LogP contribution in [0.25, 0.3) is 0 Å². The Morgan fingerprint density at radius 1 is 1.56 bits per heavy atom. The Bertz CT molecular complexity index is 392. The quantitative estimate of drug-likeness (QED) is 0.785. The van der Waals surface area contributed by atoms with Crippen LogP contribution in [0.2, 0.25) is 0 Å². The molecule has 2 rings (SSSR count). The summed E-state index contributed by atoms with van der Waals surface area (Å²) in [6, 6.07) is 3.70. The smallest absolute Gasteiger partial charge is 0.229 e. The summed E-state index contributed by atoms with van der Waals surface area (Å²) in [6.45, 7) is 5.71. The molecule has 1 saturated heterocycles. The molecular formula is C12H17N3O. The van der Waals surface area contributed by atoms with Crippen molar-refractivity contribution in [3.05, 3.63) is 24.0 Å². The van der Waals surface area contributed by atoms with Crippen molar-refractivity contribution in [1.82, 2.24) is 10.3 Å². The number of carbonyl (C=O) groups excluding carboxylic acids is 1. The van der Waals surface area contributed by atoms with Crippen LogP contribution in [0.1, 0.15) is 12.6 Å². The highest BCUT2D eigenvalue weighted by Crippen LogP contribution is 2.18. The average molecular weight is 219 g/mol. The van der Waals surface area contributed by atoms with Gasteiger partial charge in [-0.1, -0.05) is 6.92 Å². The molecule has 1 amide bonds. The zero-order valence-corrected chi connectivity index (χ0v) is 9.66. The average Bonchev–Trinajstić information content (AvgIpc) is 2.64. The van der Waals surface area contributed by atoms with Gasteiger partial charge in [0.1, 0.15) is 0 Å². The maximum Gasteiger partial charge on any atom is 0.229 e. The molecule has 1 fully saturated rings. The first kappa shape index (κ1) is 11.1. The van der Waals surface area contributed by atoms with Crippen LogP contribution in [0.5, 0.6) is 0 Å². The molecule has 2 N–H and O–H groups in total. The molecule has 0 saturated carbocycles. The van der Waals surface area contributed by atoms with Crippen LogP contribution in [-0.2, 0) is 4.79 Å². The van der Waals surface area contributed by atoms with Gasteiger partial charge in [-0.3, -0.25) is 9.78 Å². The van der Waals surface area contributed by atoms with Gasteiger partial charge in [0.15, 0.2) is 0 Å². The number of aromatic nitrogens is 1. The van der Waals surface area contributed by atoms with Crippen molar-refractivity contribution in [2.75, 3.05) is 18.4 Å². The zero-order valence-electron chi connectivity index (χ0n) is 9.66. The number of nitrogens with one attached hydrogen (secondary N) is 2. The van der Waals surface area contributed by atoms with Crippen LogP contribution in [0, 0.1) is 18.8 Å². The molecule has 1 aliphatic rings. The third kappa shape index (κ3) is 2.39. The van der Waals surface area contributed by atoms with Crippen LogP contribution in [0.4, 0.5) is 5.69 Å². The minimum Gasteiger partial charge on any atom is -0.326 e. The summed E-state index contributed by atoms with van der Waals surface area (Å²) in [7, 11) is 0. The predicted molar refractivity (Wildman–Crippen MR) is 63.1 cm³/mol. The second-order valence-electron chi connectivity index (χ2n) is 4.42. The Kier molecular flexibility index (Phi) is 3.19. The summed E-state index contributed by atoms with van der Waals surface area (Å²) in [5, 5.41) is 6.16.